The second-order valence-corrected chi connectivity index (χ2v) is 6.78. The Bertz CT molecular complexity index is 696. The minimum absolute atomic E-state index is 0.206. The van der Waals surface area contributed by atoms with Gasteiger partial charge in [-0.05, 0) is 43.2 Å². The van der Waals surface area contributed by atoms with Crippen molar-refractivity contribution in [1.82, 2.24) is 14.7 Å². The first-order valence-corrected chi connectivity index (χ1v) is 7.97. The lowest BCUT2D eigenvalue weighted by Crippen LogP contribution is -2.33. The molecule has 2 aromatic rings. The zero-order chi connectivity index (χ0) is 14.4. The van der Waals surface area contributed by atoms with Crippen LogP contribution in [-0.4, -0.2) is 15.3 Å². The van der Waals surface area contributed by atoms with E-state index in [0.29, 0.717) is 17.5 Å². The van der Waals surface area contributed by atoms with E-state index in [1.165, 1.54) is 19.3 Å². The second kappa shape index (κ2) is 5.02. The van der Waals surface area contributed by atoms with E-state index in [4.69, 9.17) is 11.6 Å². The van der Waals surface area contributed by atoms with Crippen molar-refractivity contribution in [3.8, 4) is 0 Å². The highest BCUT2D eigenvalue weighted by Crippen LogP contribution is 2.48. The van der Waals surface area contributed by atoms with E-state index >= 15 is 0 Å². The smallest absolute Gasteiger partial charge is 0.223 e. The van der Waals surface area contributed by atoms with Crippen LogP contribution in [0.15, 0.2) is 24.5 Å². The summed E-state index contributed by atoms with van der Waals surface area (Å²) in [6.45, 7) is 0.492. The molecule has 3 atom stereocenters. The number of carbonyl (C=O) groups is 1. The number of halogens is 1. The van der Waals surface area contributed by atoms with E-state index in [0.717, 1.165) is 23.7 Å². The molecule has 2 aliphatic carbocycles. The van der Waals surface area contributed by atoms with Gasteiger partial charge >= 0.3 is 0 Å². The van der Waals surface area contributed by atoms with Gasteiger partial charge in [-0.1, -0.05) is 18.0 Å². The maximum Gasteiger partial charge on any atom is 0.223 e. The molecule has 2 heterocycles. The van der Waals surface area contributed by atoms with Gasteiger partial charge in [-0.15, -0.1) is 0 Å². The Hall–Kier alpha value is -1.55. The van der Waals surface area contributed by atoms with Gasteiger partial charge in [0, 0.05) is 18.3 Å². The van der Waals surface area contributed by atoms with E-state index in [1.54, 1.807) is 0 Å². The molecule has 2 aromatic heterocycles. The monoisotopic (exact) mass is 303 g/mol. The molecule has 2 saturated carbocycles. The number of nitrogens with zero attached hydrogens (tertiary/aromatic N) is 2. The van der Waals surface area contributed by atoms with Gasteiger partial charge in [-0.3, -0.25) is 4.79 Å². The number of nitrogens with one attached hydrogen (secondary N) is 1. The van der Waals surface area contributed by atoms with Crippen molar-refractivity contribution >= 4 is 23.2 Å². The third-order valence-electron chi connectivity index (χ3n) is 4.98. The van der Waals surface area contributed by atoms with Crippen LogP contribution in [0.25, 0.3) is 5.65 Å². The van der Waals surface area contributed by atoms with Crippen LogP contribution in [0.3, 0.4) is 0 Å². The number of imidazole rings is 1. The molecule has 4 nitrogen and oxygen atoms in total. The number of rotatable bonds is 3. The Labute approximate surface area is 128 Å². The molecule has 2 aliphatic rings. The minimum atomic E-state index is 0.206. The highest BCUT2D eigenvalue weighted by atomic mass is 35.5. The molecule has 5 heteroatoms. The molecule has 4 rings (SSSR count). The van der Waals surface area contributed by atoms with Crippen LogP contribution in [0.2, 0.25) is 5.02 Å². The van der Waals surface area contributed by atoms with Crippen molar-refractivity contribution < 1.29 is 4.79 Å². The summed E-state index contributed by atoms with van der Waals surface area (Å²) in [4.78, 5) is 16.8. The van der Waals surface area contributed by atoms with Crippen molar-refractivity contribution in [2.24, 2.45) is 17.8 Å². The lowest BCUT2D eigenvalue weighted by atomic mass is 9.88. The first kappa shape index (κ1) is 13.1. The van der Waals surface area contributed by atoms with Gasteiger partial charge in [0.2, 0.25) is 5.91 Å². The first-order valence-electron chi connectivity index (χ1n) is 7.60. The summed E-state index contributed by atoms with van der Waals surface area (Å²) in [5.41, 5.74) is 1.72. The number of fused-ring (bicyclic) bond motifs is 3. The highest BCUT2D eigenvalue weighted by molar-refractivity contribution is 6.30. The van der Waals surface area contributed by atoms with Crippen LogP contribution >= 0.6 is 11.6 Å². The Morgan fingerprint density at radius 1 is 1.33 bits per heavy atom. The van der Waals surface area contributed by atoms with Crippen LogP contribution in [0.1, 0.15) is 31.4 Å². The van der Waals surface area contributed by atoms with Crippen molar-refractivity contribution in [2.75, 3.05) is 0 Å². The molecular weight excluding hydrogens is 286 g/mol. The molecule has 110 valence electrons. The molecule has 0 aromatic carbocycles. The molecule has 1 amide bonds. The second-order valence-electron chi connectivity index (χ2n) is 6.34. The Kier molecular flexibility index (Phi) is 3.14. The summed E-state index contributed by atoms with van der Waals surface area (Å²) in [6.07, 6.45) is 8.63. The Balaban J connectivity index is 1.42. The quantitative estimate of drug-likeness (QED) is 0.947. The van der Waals surface area contributed by atoms with Crippen LogP contribution in [0, 0.1) is 17.8 Å². The number of amides is 1. The standard InChI is InChI=1S/C16H18ClN3O/c17-12-3-4-15-19-13(9-20(15)8-12)7-18-16(21)14-6-10-1-2-11(14)5-10/h3-4,8-11,14H,1-2,5-7H2,(H,18,21). The summed E-state index contributed by atoms with van der Waals surface area (Å²) in [5, 5.41) is 3.73. The molecular formula is C16H18ClN3O. The Morgan fingerprint density at radius 2 is 2.24 bits per heavy atom. The average Bonchev–Trinajstić information content (AvgIpc) is 3.18. The SMILES string of the molecule is O=C(NCc1cn2cc(Cl)ccc2n1)C1CC2CCC1C2. The van der Waals surface area contributed by atoms with Gasteiger partial charge in [0.25, 0.3) is 0 Å². The van der Waals surface area contributed by atoms with Gasteiger partial charge in [-0.25, -0.2) is 4.98 Å². The van der Waals surface area contributed by atoms with E-state index in [9.17, 15) is 4.79 Å². The van der Waals surface area contributed by atoms with Crippen molar-refractivity contribution in [2.45, 2.75) is 32.2 Å². The minimum Gasteiger partial charge on any atom is -0.350 e. The van der Waals surface area contributed by atoms with E-state index in [2.05, 4.69) is 10.3 Å². The Morgan fingerprint density at radius 3 is 3.00 bits per heavy atom. The number of pyridine rings is 1. The molecule has 0 aliphatic heterocycles. The van der Waals surface area contributed by atoms with Gasteiger partial charge in [-0.2, -0.15) is 0 Å². The fourth-order valence-electron chi connectivity index (χ4n) is 3.98. The average molecular weight is 304 g/mol. The number of hydrogen-bond acceptors (Lipinski definition) is 2. The zero-order valence-electron chi connectivity index (χ0n) is 11.8. The van der Waals surface area contributed by atoms with Crippen molar-refractivity contribution in [3.63, 3.8) is 0 Å². The third kappa shape index (κ3) is 2.42. The topological polar surface area (TPSA) is 46.4 Å². The van der Waals surface area contributed by atoms with Crippen molar-refractivity contribution in [3.05, 3.63) is 35.2 Å². The lowest BCUT2D eigenvalue weighted by Gasteiger charge is -2.20. The molecule has 3 unspecified atom stereocenters. The molecule has 0 spiro atoms. The first-order chi connectivity index (χ1) is 10.2. The van der Waals surface area contributed by atoms with Crippen LogP contribution < -0.4 is 5.32 Å². The summed E-state index contributed by atoms with van der Waals surface area (Å²) >= 11 is 5.96. The number of carbonyl (C=O) groups excluding carboxylic acids is 1. The molecule has 2 bridgehead atoms. The summed E-state index contributed by atoms with van der Waals surface area (Å²) in [7, 11) is 0. The fraction of sp³-hybridized carbons (Fsp3) is 0.500. The lowest BCUT2D eigenvalue weighted by molar-refractivity contribution is -0.126. The normalized spacial score (nSPS) is 27.4. The molecule has 1 N–H and O–H groups in total. The molecule has 0 radical (unpaired) electrons. The summed E-state index contributed by atoms with van der Waals surface area (Å²) < 4.78 is 1.89. The third-order valence-corrected chi connectivity index (χ3v) is 5.21. The van der Waals surface area contributed by atoms with Crippen LogP contribution in [-0.2, 0) is 11.3 Å². The van der Waals surface area contributed by atoms with Crippen LogP contribution in [0.5, 0.6) is 0 Å². The van der Waals surface area contributed by atoms with Gasteiger partial charge in [0.1, 0.15) is 5.65 Å². The van der Waals surface area contributed by atoms with Gasteiger partial charge < -0.3 is 9.72 Å². The number of hydrogen-bond donors (Lipinski definition) is 1. The highest BCUT2D eigenvalue weighted by Gasteiger charge is 2.42. The zero-order valence-corrected chi connectivity index (χ0v) is 12.5. The van der Waals surface area contributed by atoms with Gasteiger partial charge in [0.05, 0.1) is 17.3 Å². The van der Waals surface area contributed by atoms with Crippen LogP contribution in [0.4, 0.5) is 0 Å². The maximum atomic E-state index is 12.3. The van der Waals surface area contributed by atoms with E-state index < -0.39 is 0 Å². The van der Waals surface area contributed by atoms with E-state index in [-0.39, 0.29) is 11.8 Å². The maximum absolute atomic E-state index is 12.3. The van der Waals surface area contributed by atoms with Crippen molar-refractivity contribution in [1.29, 1.82) is 0 Å². The molecule has 21 heavy (non-hydrogen) atoms. The molecule has 2 fully saturated rings. The van der Waals surface area contributed by atoms with Gasteiger partial charge in [0.15, 0.2) is 0 Å². The predicted octanol–water partition coefficient (Wildman–Crippen LogP) is 3.04. The molecule has 0 saturated heterocycles. The summed E-state index contributed by atoms with van der Waals surface area (Å²) in [6, 6.07) is 3.70. The number of aromatic nitrogens is 2. The van der Waals surface area contributed by atoms with E-state index in [1.807, 2.05) is 28.9 Å². The largest absolute Gasteiger partial charge is 0.350 e. The summed E-state index contributed by atoms with van der Waals surface area (Å²) in [5.74, 6) is 1.85. The predicted molar refractivity (Wildman–Crippen MR) is 81.0 cm³/mol. The fourth-order valence-corrected chi connectivity index (χ4v) is 4.15.